The molecule has 0 saturated heterocycles. The second kappa shape index (κ2) is 4.91. The standard InChI is InChI=1S/C11H11ClO2/c1-8(6-13)11-3-2-9(7-14)4-10(11)5-12/h2-4,6-8H,5H2,1H3. The van der Waals surface area contributed by atoms with E-state index in [1.54, 1.807) is 25.1 Å². The fourth-order valence-electron chi connectivity index (χ4n) is 1.33. The van der Waals surface area contributed by atoms with E-state index in [4.69, 9.17) is 11.6 Å². The fraction of sp³-hybridized carbons (Fsp3) is 0.273. The van der Waals surface area contributed by atoms with Crippen molar-refractivity contribution in [2.45, 2.75) is 18.7 Å². The molecular formula is C11H11ClO2. The second-order valence-corrected chi connectivity index (χ2v) is 3.40. The number of hydrogen-bond donors (Lipinski definition) is 0. The lowest BCUT2D eigenvalue weighted by Gasteiger charge is -2.09. The Kier molecular flexibility index (Phi) is 3.84. The molecular weight excluding hydrogens is 200 g/mol. The van der Waals surface area contributed by atoms with Gasteiger partial charge in [0.2, 0.25) is 0 Å². The first-order chi connectivity index (χ1) is 6.72. The maximum atomic E-state index is 10.6. The highest BCUT2D eigenvalue weighted by molar-refractivity contribution is 6.17. The van der Waals surface area contributed by atoms with E-state index in [9.17, 15) is 9.59 Å². The SMILES string of the molecule is CC(C=O)c1ccc(C=O)cc1CCl. The van der Waals surface area contributed by atoms with Gasteiger partial charge in [-0.1, -0.05) is 19.1 Å². The first kappa shape index (κ1) is 10.9. The van der Waals surface area contributed by atoms with Crippen molar-refractivity contribution in [2.75, 3.05) is 0 Å². The molecule has 0 spiro atoms. The molecule has 0 radical (unpaired) electrons. The maximum absolute atomic E-state index is 10.6. The minimum atomic E-state index is -0.176. The van der Waals surface area contributed by atoms with Crippen LogP contribution < -0.4 is 0 Å². The Morgan fingerprint density at radius 3 is 2.64 bits per heavy atom. The molecule has 0 bridgehead atoms. The second-order valence-electron chi connectivity index (χ2n) is 3.13. The van der Waals surface area contributed by atoms with Crippen LogP contribution in [0.5, 0.6) is 0 Å². The van der Waals surface area contributed by atoms with Gasteiger partial charge in [0.1, 0.15) is 12.6 Å². The zero-order valence-corrected chi connectivity index (χ0v) is 8.62. The summed E-state index contributed by atoms with van der Waals surface area (Å²) in [6.45, 7) is 1.80. The van der Waals surface area contributed by atoms with E-state index >= 15 is 0 Å². The summed E-state index contributed by atoms with van der Waals surface area (Å²) in [6, 6.07) is 5.19. The van der Waals surface area contributed by atoms with Crippen LogP contribution in [0.2, 0.25) is 0 Å². The number of rotatable bonds is 4. The van der Waals surface area contributed by atoms with Gasteiger partial charge in [0.25, 0.3) is 0 Å². The molecule has 0 aliphatic carbocycles. The molecule has 0 aliphatic heterocycles. The Balaban J connectivity index is 3.17. The van der Waals surface area contributed by atoms with E-state index in [1.807, 2.05) is 0 Å². The Morgan fingerprint density at radius 2 is 2.14 bits per heavy atom. The summed E-state index contributed by atoms with van der Waals surface area (Å²) in [7, 11) is 0. The lowest BCUT2D eigenvalue weighted by molar-refractivity contribution is -0.108. The summed E-state index contributed by atoms with van der Waals surface area (Å²) in [5.41, 5.74) is 2.32. The number of carbonyl (C=O) groups excluding carboxylic acids is 2. The van der Waals surface area contributed by atoms with Crippen LogP contribution in [0.15, 0.2) is 18.2 Å². The van der Waals surface area contributed by atoms with Crippen molar-refractivity contribution in [3.63, 3.8) is 0 Å². The zero-order chi connectivity index (χ0) is 10.6. The lowest BCUT2D eigenvalue weighted by atomic mass is 9.96. The third kappa shape index (κ3) is 2.20. The Labute approximate surface area is 87.9 Å². The average molecular weight is 211 g/mol. The van der Waals surface area contributed by atoms with Crippen LogP contribution in [0.3, 0.4) is 0 Å². The highest BCUT2D eigenvalue weighted by atomic mass is 35.5. The molecule has 2 nitrogen and oxygen atoms in total. The molecule has 74 valence electrons. The Hall–Kier alpha value is -1.15. The summed E-state index contributed by atoms with van der Waals surface area (Å²) in [5.74, 6) is 0.138. The van der Waals surface area contributed by atoms with Crippen molar-refractivity contribution >= 4 is 24.2 Å². The molecule has 1 aromatic carbocycles. The van der Waals surface area contributed by atoms with Crippen molar-refractivity contribution < 1.29 is 9.59 Å². The predicted molar refractivity (Wildman–Crippen MR) is 55.9 cm³/mol. The van der Waals surface area contributed by atoms with Crippen LogP contribution in [0.4, 0.5) is 0 Å². The highest BCUT2D eigenvalue weighted by Gasteiger charge is 2.09. The largest absolute Gasteiger partial charge is 0.303 e. The monoisotopic (exact) mass is 210 g/mol. The van der Waals surface area contributed by atoms with E-state index in [2.05, 4.69) is 0 Å². The van der Waals surface area contributed by atoms with Crippen LogP contribution in [0.25, 0.3) is 0 Å². The van der Waals surface area contributed by atoms with Crippen molar-refractivity contribution in [1.29, 1.82) is 0 Å². The molecule has 1 rings (SSSR count). The summed E-state index contributed by atoms with van der Waals surface area (Å²) in [5, 5.41) is 0. The molecule has 3 heteroatoms. The molecule has 0 N–H and O–H groups in total. The Bertz CT molecular complexity index is 347. The molecule has 14 heavy (non-hydrogen) atoms. The lowest BCUT2D eigenvalue weighted by Crippen LogP contribution is -2.00. The number of carbonyl (C=O) groups is 2. The number of hydrogen-bond acceptors (Lipinski definition) is 2. The van der Waals surface area contributed by atoms with Crippen LogP contribution in [-0.4, -0.2) is 12.6 Å². The third-order valence-corrected chi connectivity index (χ3v) is 2.43. The minimum Gasteiger partial charge on any atom is -0.303 e. The van der Waals surface area contributed by atoms with Crippen molar-refractivity contribution in [3.8, 4) is 0 Å². The zero-order valence-electron chi connectivity index (χ0n) is 7.87. The van der Waals surface area contributed by atoms with E-state index < -0.39 is 0 Å². The van der Waals surface area contributed by atoms with Crippen LogP contribution in [0, 0.1) is 0 Å². The summed E-state index contributed by atoms with van der Waals surface area (Å²) in [4.78, 5) is 21.1. The van der Waals surface area contributed by atoms with Crippen LogP contribution in [-0.2, 0) is 10.7 Å². The fourth-order valence-corrected chi connectivity index (χ4v) is 1.56. The molecule has 1 unspecified atom stereocenters. The summed E-state index contributed by atoms with van der Waals surface area (Å²) < 4.78 is 0. The van der Waals surface area contributed by atoms with E-state index in [1.165, 1.54) is 0 Å². The molecule has 1 atom stereocenters. The number of aldehydes is 2. The first-order valence-corrected chi connectivity index (χ1v) is 4.85. The molecule has 0 amide bonds. The first-order valence-electron chi connectivity index (χ1n) is 4.32. The topological polar surface area (TPSA) is 34.1 Å². The van der Waals surface area contributed by atoms with E-state index in [0.29, 0.717) is 11.4 Å². The van der Waals surface area contributed by atoms with E-state index in [-0.39, 0.29) is 5.92 Å². The summed E-state index contributed by atoms with van der Waals surface area (Å²) >= 11 is 5.73. The maximum Gasteiger partial charge on any atom is 0.150 e. The van der Waals surface area contributed by atoms with Gasteiger partial charge in [-0.25, -0.2) is 0 Å². The van der Waals surface area contributed by atoms with Gasteiger partial charge in [-0.05, 0) is 17.2 Å². The molecule has 1 aromatic rings. The van der Waals surface area contributed by atoms with Gasteiger partial charge in [-0.2, -0.15) is 0 Å². The molecule has 0 heterocycles. The van der Waals surface area contributed by atoms with Crippen molar-refractivity contribution in [3.05, 3.63) is 34.9 Å². The molecule has 0 aliphatic rings. The normalized spacial score (nSPS) is 12.1. The third-order valence-electron chi connectivity index (χ3n) is 2.14. The Morgan fingerprint density at radius 1 is 1.43 bits per heavy atom. The van der Waals surface area contributed by atoms with Crippen LogP contribution >= 0.6 is 11.6 Å². The average Bonchev–Trinajstić information content (AvgIpc) is 2.27. The number of halogens is 1. The van der Waals surface area contributed by atoms with Gasteiger partial charge in [0, 0.05) is 17.4 Å². The summed E-state index contributed by atoms with van der Waals surface area (Å²) in [6.07, 6.45) is 1.64. The number of alkyl halides is 1. The van der Waals surface area contributed by atoms with Crippen molar-refractivity contribution in [2.24, 2.45) is 0 Å². The van der Waals surface area contributed by atoms with Gasteiger partial charge in [0.15, 0.2) is 0 Å². The predicted octanol–water partition coefficient (Wildman–Crippen LogP) is 2.54. The molecule has 0 fully saturated rings. The molecule has 0 aromatic heterocycles. The highest BCUT2D eigenvalue weighted by Crippen LogP contribution is 2.20. The van der Waals surface area contributed by atoms with Gasteiger partial charge in [-0.3, -0.25) is 4.79 Å². The van der Waals surface area contributed by atoms with Crippen LogP contribution in [0.1, 0.15) is 34.3 Å². The van der Waals surface area contributed by atoms with E-state index in [0.717, 1.165) is 23.7 Å². The quantitative estimate of drug-likeness (QED) is 0.565. The van der Waals surface area contributed by atoms with Gasteiger partial charge in [0.05, 0.1) is 0 Å². The van der Waals surface area contributed by atoms with Gasteiger partial charge in [-0.15, -0.1) is 11.6 Å². The number of benzene rings is 1. The van der Waals surface area contributed by atoms with Crippen molar-refractivity contribution in [1.82, 2.24) is 0 Å². The smallest absolute Gasteiger partial charge is 0.150 e. The minimum absolute atomic E-state index is 0.176. The van der Waals surface area contributed by atoms with Gasteiger partial charge < -0.3 is 4.79 Å². The van der Waals surface area contributed by atoms with Gasteiger partial charge >= 0.3 is 0 Å². The molecule has 0 saturated carbocycles.